The number of carbonyl (C=O) groups excluding carboxylic acids is 2. The van der Waals surface area contributed by atoms with E-state index in [1.807, 2.05) is 43.3 Å². The van der Waals surface area contributed by atoms with Crippen LogP contribution < -0.4 is 5.32 Å². The van der Waals surface area contributed by atoms with Crippen LogP contribution in [0.25, 0.3) is 0 Å². The molecule has 2 bridgehead atoms. The summed E-state index contributed by atoms with van der Waals surface area (Å²) < 4.78 is 5.42. The summed E-state index contributed by atoms with van der Waals surface area (Å²) in [6.45, 7) is 1.99. The molecule has 25 heavy (non-hydrogen) atoms. The summed E-state index contributed by atoms with van der Waals surface area (Å²) >= 11 is 11.5. The lowest BCUT2D eigenvalue weighted by Gasteiger charge is -2.27. The van der Waals surface area contributed by atoms with E-state index in [1.165, 1.54) is 0 Å². The Balaban J connectivity index is 1.73. The van der Waals surface area contributed by atoms with Gasteiger partial charge in [0.2, 0.25) is 5.91 Å². The van der Waals surface area contributed by atoms with Gasteiger partial charge < -0.3 is 10.1 Å². The number of ether oxygens (including phenoxy) is 1. The number of nitrogens with one attached hydrogen (secondary N) is 1. The van der Waals surface area contributed by atoms with Gasteiger partial charge in [-0.2, -0.15) is 0 Å². The first-order valence-electron chi connectivity index (χ1n) is 8.41. The van der Waals surface area contributed by atoms with Gasteiger partial charge in [-0.25, -0.2) is 0 Å². The summed E-state index contributed by atoms with van der Waals surface area (Å²) in [6, 6.07) is 7.60. The Morgan fingerprint density at radius 1 is 1.12 bits per heavy atom. The zero-order chi connectivity index (χ0) is 18.0. The van der Waals surface area contributed by atoms with Crippen LogP contribution in [0.4, 0.5) is 5.69 Å². The van der Waals surface area contributed by atoms with Crippen LogP contribution in [0.2, 0.25) is 0 Å². The monoisotopic (exact) mass is 381 g/mol. The number of amides is 1. The molecule has 1 aromatic rings. The van der Waals surface area contributed by atoms with Crippen LogP contribution in [0.5, 0.6) is 0 Å². The van der Waals surface area contributed by atoms with Crippen molar-refractivity contribution in [3.05, 3.63) is 42.0 Å². The van der Waals surface area contributed by atoms with Crippen molar-refractivity contribution >= 4 is 40.8 Å². The van der Waals surface area contributed by atoms with Crippen molar-refractivity contribution in [3.63, 3.8) is 0 Å². The van der Waals surface area contributed by atoms with Crippen LogP contribution in [0.3, 0.4) is 0 Å². The molecule has 3 rings (SSSR count). The molecule has 0 unspecified atom stereocenters. The quantitative estimate of drug-likeness (QED) is 0.463. The predicted molar refractivity (Wildman–Crippen MR) is 98.8 cm³/mol. The van der Waals surface area contributed by atoms with E-state index in [0.29, 0.717) is 0 Å². The fourth-order valence-electron chi connectivity index (χ4n) is 3.71. The van der Waals surface area contributed by atoms with Gasteiger partial charge in [-0.15, -0.1) is 23.2 Å². The predicted octanol–water partition coefficient (Wildman–Crippen LogP) is 3.76. The molecule has 1 fully saturated rings. The number of alkyl halides is 2. The number of halogens is 2. The zero-order valence-corrected chi connectivity index (χ0v) is 15.5. The molecule has 1 N–H and O–H groups in total. The van der Waals surface area contributed by atoms with E-state index < -0.39 is 17.9 Å². The van der Waals surface area contributed by atoms with Gasteiger partial charge in [0.1, 0.15) is 6.10 Å². The lowest BCUT2D eigenvalue weighted by molar-refractivity contribution is -0.156. The molecule has 0 spiro atoms. The smallest absolute Gasteiger partial charge is 0.310 e. The van der Waals surface area contributed by atoms with E-state index in [9.17, 15) is 9.59 Å². The standard InChI is InChI=1S/C19H21Cl2NO3/c1-11-2-6-14(7-3-11)22-18(23)16-12-4-5-13(8-12)17(16)19(24)25-15(9-20)10-21/h2-7,12-13,15-17H,8-10H2,1H3,(H,22,23)/t12-,13-,16+,17-/m0/s1. The molecule has 4 atom stereocenters. The number of benzene rings is 1. The van der Waals surface area contributed by atoms with E-state index in [2.05, 4.69) is 5.32 Å². The highest BCUT2D eigenvalue weighted by Crippen LogP contribution is 2.49. The number of aryl methyl sites for hydroxylation is 1. The van der Waals surface area contributed by atoms with Crippen molar-refractivity contribution < 1.29 is 14.3 Å². The van der Waals surface area contributed by atoms with Crippen LogP contribution in [0.15, 0.2) is 36.4 Å². The largest absolute Gasteiger partial charge is 0.460 e. The first-order chi connectivity index (χ1) is 12.0. The minimum Gasteiger partial charge on any atom is -0.460 e. The molecule has 0 aromatic heterocycles. The third kappa shape index (κ3) is 3.85. The topological polar surface area (TPSA) is 55.4 Å². The minimum atomic E-state index is -0.528. The van der Waals surface area contributed by atoms with Gasteiger partial charge in [-0.1, -0.05) is 29.8 Å². The van der Waals surface area contributed by atoms with Gasteiger partial charge >= 0.3 is 5.97 Å². The van der Waals surface area contributed by atoms with Crippen LogP contribution in [0.1, 0.15) is 12.0 Å². The van der Waals surface area contributed by atoms with Crippen LogP contribution in [0, 0.1) is 30.6 Å². The average Bonchev–Trinajstić information content (AvgIpc) is 3.22. The molecule has 134 valence electrons. The molecule has 0 saturated heterocycles. The Kier molecular flexibility index (Phi) is 5.70. The SMILES string of the molecule is Cc1ccc(NC(=O)[C@H]2[C@@H](C(=O)OC(CCl)CCl)[C@H]3C=C[C@H]2C3)cc1. The Hall–Kier alpha value is -1.52. The summed E-state index contributed by atoms with van der Waals surface area (Å²) in [5.74, 6) is -1.03. The van der Waals surface area contributed by atoms with Crippen molar-refractivity contribution in [3.8, 4) is 0 Å². The van der Waals surface area contributed by atoms with E-state index in [-0.39, 0.29) is 35.5 Å². The number of esters is 1. The lowest BCUT2D eigenvalue weighted by Crippen LogP contribution is -2.39. The molecule has 0 aliphatic heterocycles. The first-order valence-corrected chi connectivity index (χ1v) is 9.48. The van der Waals surface area contributed by atoms with E-state index in [4.69, 9.17) is 27.9 Å². The fraction of sp³-hybridized carbons (Fsp3) is 0.474. The highest BCUT2D eigenvalue weighted by molar-refractivity contribution is 6.21. The van der Waals surface area contributed by atoms with Gasteiger partial charge in [0.15, 0.2) is 0 Å². The number of carbonyl (C=O) groups is 2. The van der Waals surface area contributed by atoms with Gasteiger partial charge in [0.05, 0.1) is 23.6 Å². The second-order valence-electron chi connectivity index (χ2n) is 6.72. The summed E-state index contributed by atoms with van der Waals surface area (Å²) in [5, 5.41) is 2.93. The highest BCUT2D eigenvalue weighted by atomic mass is 35.5. The number of hydrogen-bond acceptors (Lipinski definition) is 3. The van der Waals surface area contributed by atoms with E-state index >= 15 is 0 Å². The third-order valence-corrected chi connectivity index (χ3v) is 5.67. The molecular formula is C19H21Cl2NO3. The maximum absolute atomic E-state index is 12.8. The van der Waals surface area contributed by atoms with Crippen molar-refractivity contribution in [1.29, 1.82) is 0 Å². The summed E-state index contributed by atoms with van der Waals surface area (Å²) in [4.78, 5) is 25.4. The van der Waals surface area contributed by atoms with Crippen molar-refractivity contribution in [1.82, 2.24) is 0 Å². The maximum Gasteiger partial charge on any atom is 0.310 e. The number of hydrogen-bond donors (Lipinski definition) is 1. The zero-order valence-electron chi connectivity index (χ0n) is 14.0. The van der Waals surface area contributed by atoms with Gasteiger partial charge in [-0.3, -0.25) is 9.59 Å². The Morgan fingerprint density at radius 2 is 1.72 bits per heavy atom. The number of fused-ring (bicyclic) bond motifs is 2. The molecular weight excluding hydrogens is 361 g/mol. The summed E-state index contributed by atoms with van der Waals surface area (Å²) in [7, 11) is 0. The fourth-order valence-corrected chi connectivity index (χ4v) is 4.17. The Bertz CT molecular complexity index is 670. The molecule has 2 aliphatic rings. The minimum absolute atomic E-state index is 0.0394. The van der Waals surface area contributed by atoms with Crippen LogP contribution >= 0.6 is 23.2 Å². The molecule has 2 aliphatic carbocycles. The maximum atomic E-state index is 12.8. The molecule has 0 radical (unpaired) electrons. The molecule has 1 amide bonds. The Morgan fingerprint density at radius 3 is 2.32 bits per heavy atom. The highest BCUT2D eigenvalue weighted by Gasteiger charge is 2.52. The van der Waals surface area contributed by atoms with Gasteiger partial charge in [-0.05, 0) is 37.3 Å². The molecule has 1 saturated carbocycles. The second kappa shape index (κ2) is 7.79. The number of rotatable bonds is 6. The van der Waals surface area contributed by atoms with E-state index in [1.54, 1.807) is 0 Å². The van der Waals surface area contributed by atoms with Crippen molar-refractivity contribution in [2.24, 2.45) is 23.7 Å². The van der Waals surface area contributed by atoms with Crippen LogP contribution in [-0.2, 0) is 14.3 Å². The van der Waals surface area contributed by atoms with Gasteiger partial charge in [0, 0.05) is 5.69 Å². The number of anilines is 1. The molecule has 6 heteroatoms. The van der Waals surface area contributed by atoms with E-state index in [0.717, 1.165) is 17.7 Å². The second-order valence-corrected chi connectivity index (χ2v) is 7.34. The lowest BCUT2D eigenvalue weighted by atomic mass is 9.82. The molecule has 1 aromatic carbocycles. The van der Waals surface area contributed by atoms with Crippen molar-refractivity contribution in [2.75, 3.05) is 17.1 Å². The molecule has 0 heterocycles. The van der Waals surface area contributed by atoms with Crippen molar-refractivity contribution in [2.45, 2.75) is 19.4 Å². The average molecular weight is 382 g/mol. The first kappa shape index (κ1) is 18.3. The third-order valence-electron chi connectivity index (χ3n) is 4.98. The van der Waals surface area contributed by atoms with Crippen LogP contribution in [-0.4, -0.2) is 29.7 Å². The van der Waals surface area contributed by atoms with Gasteiger partial charge in [0.25, 0.3) is 0 Å². The summed E-state index contributed by atoms with van der Waals surface area (Å²) in [5.41, 5.74) is 1.85. The Labute approximate surface area is 157 Å². The molecule has 4 nitrogen and oxygen atoms in total. The number of allylic oxidation sites excluding steroid dienone is 2. The normalized spacial score (nSPS) is 26.9. The summed E-state index contributed by atoms with van der Waals surface area (Å²) in [6.07, 6.45) is 4.33.